The predicted octanol–water partition coefficient (Wildman–Crippen LogP) is 2.91. The molecule has 0 amide bonds. The van der Waals surface area contributed by atoms with Gasteiger partial charge in [-0.2, -0.15) is 0 Å². The van der Waals surface area contributed by atoms with Gasteiger partial charge in [-0.05, 0) is 43.1 Å². The lowest BCUT2D eigenvalue weighted by Gasteiger charge is -2.10. The summed E-state index contributed by atoms with van der Waals surface area (Å²) in [5.41, 5.74) is 1.17. The highest BCUT2D eigenvalue weighted by molar-refractivity contribution is 6.34. The molecule has 1 heterocycles. The fourth-order valence-corrected chi connectivity index (χ4v) is 2.44. The van der Waals surface area contributed by atoms with Crippen LogP contribution in [-0.4, -0.2) is 25.8 Å². The summed E-state index contributed by atoms with van der Waals surface area (Å²) in [5.74, 6) is 0. The summed E-state index contributed by atoms with van der Waals surface area (Å²) >= 11 is 11.9. The molecule has 0 saturated carbocycles. The third-order valence-electron chi connectivity index (χ3n) is 2.70. The van der Waals surface area contributed by atoms with E-state index in [1.54, 1.807) is 6.07 Å². The van der Waals surface area contributed by atoms with Crippen LogP contribution in [0.25, 0.3) is 0 Å². The zero-order chi connectivity index (χ0) is 11.4. The van der Waals surface area contributed by atoms with E-state index in [0.29, 0.717) is 16.1 Å². The van der Waals surface area contributed by atoms with E-state index in [2.05, 4.69) is 5.32 Å². The van der Waals surface area contributed by atoms with Crippen molar-refractivity contribution in [1.29, 1.82) is 0 Å². The maximum atomic E-state index is 5.93. The number of hydrogen-bond donors (Lipinski definition) is 1. The van der Waals surface area contributed by atoms with E-state index in [1.165, 1.54) is 5.56 Å². The summed E-state index contributed by atoms with van der Waals surface area (Å²) in [4.78, 5) is 0. The van der Waals surface area contributed by atoms with E-state index in [4.69, 9.17) is 27.9 Å². The molecule has 1 unspecified atom stereocenters. The van der Waals surface area contributed by atoms with Crippen molar-refractivity contribution in [2.75, 3.05) is 19.8 Å². The molecule has 2 rings (SSSR count). The van der Waals surface area contributed by atoms with Gasteiger partial charge in [-0.3, -0.25) is 0 Å². The van der Waals surface area contributed by atoms with Gasteiger partial charge >= 0.3 is 0 Å². The van der Waals surface area contributed by atoms with Gasteiger partial charge in [0.05, 0.1) is 6.61 Å². The summed E-state index contributed by atoms with van der Waals surface area (Å²) in [6.45, 7) is 2.64. The van der Waals surface area contributed by atoms with E-state index >= 15 is 0 Å². The maximum absolute atomic E-state index is 5.93. The van der Waals surface area contributed by atoms with Gasteiger partial charge in [-0.25, -0.2) is 0 Å². The van der Waals surface area contributed by atoms with Crippen molar-refractivity contribution in [1.82, 2.24) is 5.32 Å². The van der Waals surface area contributed by atoms with Crippen LogP contribution in [-0.2, 0) is 11.2 Å². The third kappa shape index (κ3) is 3.63. The van der Waals surface area contributed by atoms with Crippen LogP contribution in [0.15, 0.2) is 18.2 Å². The molecule has 88 valence electrons. The van der Waals surface area contributed by atoms with Crippen molar-refractivity contribution in [3.05, 3.63) is 33.8 Å². The fourth-order valence-electron chi connectivity index (χ4n) is 1.87. The van der Waals surface area contributed by atoms with Crippen LogP contribution in [0.5, 0.6) is 0 Å². The standard InChI is InChI=1S/C12H15Cl2NO/c13-10-5-9(6-11(14)7-10)1-3-15-12-2-4-16-8-12/h5-7,12,15H,1-4,8H2. The molecule has 16 heavy (non-hydrogen) atoms. The Labute approximate surface area is 106 Å². The highest BCUT2D eigenvalue weighted by atomic mass is 35.5. The topological polar surface area (TPSA) is 21.3 Å². The number of nitrogens with one attached hydrogen (secondary N) is 1. The first-order chi connectivity index (χ1) is 7.74. The first-order valence-corrected chi connectivity index (χ1v) is 6.26. The number of rotatable bonds is 4. The van der Waals surface area contributed by atoms with Crippen molar-refractivity contribution < 1.29 is 4.74 Å². The van der Waals surface area contributed by atoms with Crippen LogP contribution in [0.2, 0.25) is 10.0 Å². The van der Waals surface area contributed by atoms with E-state index in [-0.39, 0.29) is 0 Å². The van der Waals surface area contributed by atoms with E-state index < -0.39 is 0 Å². The summed E-state index contributed by atoms with van der Waals surface area (Å²) < 4.78 is 5.29. The Morgan fingerprint density at radius 3 is 2.62 bits per heavy atom. The molecular formula is C12H15Cl2NO. The minimum atomic E-state index is 0.509. The summed E-state index contributed by atoms with van der Waals surface area (Å²) in [5, 5.41) is 4.86. The highest BCUT2D eigenvalue weighted by Gasteiger charge is 2.13. The lowest BCUT2D eigenvalue weighted by atomic mass is 10.1. The number of ether oxygens (including phenoxy) is 1. The second-order valence-electron chi connectivity index (χ2n) is 4.04. The highest BCUT2D eigenvalue weighted by Crippen LogP contribution is 2.19. The zero-order valence-electron chi connectivity index (χ0n) is 9.01. The Bertz CT molecular complexity index is 331. The monoisotopic (exact) mass is 259 g/mol. The molecule has 1 saturated heterocycles. The quantitative estimate of drug-likeness (QED) is 0.898. The average molecular weight is 260 g/mol. The van der Waals surface area contributed by atoms with Gasteiger partial charge in [0.15, 0.2) is 0 Å². The van der Waals surface area contributed by atoms with Gasteiger partial charge in [0.25, 0.3) is 0 Å². The molecule has 2 nitrogen and oxygen atoms in total. The molecule has 1 fully saturated rings. The molecule has 1 aromatic rings. The maximum Gasteiger partial charge on any atom is 0.0620 e. The third-order valence-corrected chi connectivity index (χ3v) is 3.14. The average Bonchev–Trinajstić information content (AvgIpc) is 2.69. The van der Waals surface area contributed by atoms with Crippen molar-refractivity contribution in [3.8, 4) is 0 Å². The van der Waals surface area contributed by atoms with E-state index in [1.807, 2.05) is 12.1 Å². The lowest BCUT2D eigenvalue weighted by Crippen LogP contribution is -2.30. The first-order valence-electron chi connectivity index (χ1n) is 5.50. The van der Waals surface area contributed by atoms with Gasteiger partial charge in [0.1, 0.15) is 0 Å². The van der Waals surface area contributed by atoms with E-state index in [9.17, 15) is 0 Å². The largest absolute Gasteiger partial charge is 0.380 e. The molecular weight excluding hydrogens is 245 g/mol. The molecule has 1 N–H and O–H groups in total. The molecule has 1 aliphatic heterocycles. The Balaban J connectivity index is 1.80. The van der Waals surface area contributed by atoms with Gasteiger partial charge in [0, 0.05) is 22.7 Å². The van der Waals surface area contributed by atoms with Crippen molar-refractivity contribution >= 4 is 23.2 Å². The Hall–Kier alpha value is -0.280. The van der Waals surface area contributed by atoms with Crippen LogP contribution < -0.4 is 5.32 Å². The van der Waals surface area contributed by atoms with Gasteiger partial charge in [0.2, 0.25) is 0 Å². The normalized spacial score (nSPS) is 20.2. The summed E-state index contributed by atoms with van der Waals surface area (Å²) in [7, 11) is 0. The fraction of sp³-hybridized carbons (Fsp3) is 0.500. The number of benzene rings is 1. The van der Waals surface area contributed by atoms with Crippen LogP contribution in [0.4, 0.5) is 0 Å². The van der Waals surface area contributed by atoms with Gasteiger partial charge in [-0.1, -0.05) is 23.2 Å². The molecule has 0 radical (unpaired) electrons. The SMILES string of the molecule is Clc1cc(Cl)cc(CCNC2CCOC2)c1. The van der Waals surface area contributed by atoms with Crippen LogP contribution in [0.1, 0.15) is 12.0 Å². The van der Waals surface area contributed by atoms with Crippen molar-refractivity contribution in [3.63, 3.8) is 0 Å². The Morgan fingerprint density at radius 1 is 1.25 bits per heavy atom. The minimum absolute atomic E-state index is 0.509. The zero-order valence-corrected chi connectivity index (χ0v) is 10.5. The second kappa shape index (κ2) is 5.87. The Kier molecular flexibility index (Phi) is 4.47. The van der Waals surface area contributed by atoms with E-state index in [0.717, 1.165) is 32.6 Å². The van der Waals surface area contributed by atoms with Crippen LogP contribution >= 0.6 is 23.2 Å². The van der Waals surface area contributed by atoms with Crippen molar-refractivity contribution in [2.45, 2.75) is 18.9 Å². The molecule has 1 aromatic carbocycles. The molecule has 0 aromatic heterocycles. The molecule has 1 atom stereocenters. The Morgan fingerprint density at radius 2 is 2.00 bits per heavy atom. The lowest BCUT2D eigenvalue weighted by molar-refractivity contribution is 0.190. The predicted molar refractivity (Wildman–Crippen MR) is 67.4 cm³/mol. The van der Waals surface area contributed by atoms with Gasteiger partial charge < -0.3 is 10.1 Å². The molecule has 0 spiro atoms. The summed E-state index contributed by atoms with van der Waals surface area (Å²) in [6, 6.07) is 6.18. The second-order valence-corrected chi connectivity index (χ2v) is 4.92. The number of halogens is 2. The van der Waals surface area contributed by atoms with Gasteiger partial charge in [-0.15, -0.1) is 0 Å². The number of hydrogen-bond acceptors (Lipinski definition) is 2. The van der Waals surface area contributed by atoms with Crippen LogP contribution in [0, 0.1) is 0 Å². The van der Waals surface area contributed by atoms with Crippen molar-refractivity contribution in [2.24, 2.45) is 0 Å². The van der Waals surface area contributed by atoms with Crippen LogP contribution in [0.3, 0.4) is 0 Å². The molecule has 0 bridgehead atoms. The summed E-state index contributed by atoms with van der Waals surface area (Å²) in [6.07, 6.45) is 2.05. The molecule has 0 aliphatic carbocycles. The molecule has 4 heteroatoms. The minimum Gasteiger partial charge on any atom is -0.380 e. The molecule has 1 aliphatic rings. The first kappa shape index (κ1) is 12.2. The smallest absolute Gasteiger partial charge is 0.0620 e.